The molecule has 12 heteroatoms. The zero-order valence-electron chi connectivity index (χ0n) is 18.2. The first kappa shape index (κ1) is 24.7. The van der Waals surface area contributed by atoms with Crippen LogP contribution in [0.2, 0.25) is 0 Å². The van der Waals surface area contributed by atoms with Crippen LogP contribution < -0.4 is 19.5 Å². The van der Waals surface area contributed by atoms with Gasteiger partial charge in [0.1, 0.15) is 30.6 Å². The van der Waals surface area contributed by atoms with Crippen LogP contribution >= 0.6 is 11.5 Å². The van der Waals surface area contributed by atoms with E-state index in [1.807, 2.05) is 18.2 Å². The second kappa shape index (κ2) is 11.3. The van der Waals surface area contributed by atoms with Gasteiger partial charge < -0.3 is 14.2 Å². The predicted octanol–water partition coefficient (Wildman–Crippen LogP) is 2.95. The summed E-state index contributed by atoms with van der Waals surface area (Å²) >= 11 is 0.708. The molecule has 1 aromatic heterocycles. The lowest BCUT2D eigenvalue weighted by atomic mass is 10.1. The first-order chi connectivity index (χ1) is 16.3. The number of carbonyl (C=O) groups excluding carboxylic acids is 1. The molecule has 10 nitrogen and oxygen atoms in total. The van der Waals surface area contributed by atoms with E-state index in [2.05, 4.69) is 14.7 Å². The molecule has 0 saturated heterocycles. The van der Waals surface area contributed by atoms with Crippen molar-refractivity contribution in [3.05, 3.63) is 59.7 Å². The second-order valence-electron chi connectivity index (χ2n) is 6.70. The van der Waals surface area contributed by atoms with E-state index in [-0.39, 0.29) is 15.9 Å². The Morgan fingerprint density at radius 3 is 2.41 bits per heavy atom. The average molecular weight is 501 g/mol. The van der Waals surface area contributed by atoms with Crippen LogP contribution in [0.4, 0.5) is 5.13 Å². The van der Waals surface area contributed by atoms with Crippen LogP contribution in [-0.2, 0) is 14.6 Å². The van der Waals surface area contributed by atoms with Crippen molar-refractivity contribution in [2.24, 2.45) is 0 Å². The van der Waals surface area contributed by atoms with Crippen molar-refractivity contribution in [1.29, 1.82) is 5.26 Å². The molecule has 0 radical (unpaired) electrons. The Morgan fingerprint density at radius 1 is 1.12 bits per heavy atom. The number of sulfone groups is 1. The summed E-state index contributed by atoms with van der Waals surface area (Å²) in [6.07, 6.45) is 2.35. The summed E-state index contributed by atoms with van der Waals surface area (Å²) in [5.41, 5.74) is 0.411. The predicted molar refractivity (Wildman–Crippen MR) is 126 cm³/mol. The molecule has 0 aliphatic rings. The molecule has 1 N–H and O–H groups in total. The minimum Gasteiger partial charge on any atom is -0.493 e. The molecule has 34 heavy (non-hydrogen) atoms. The molecule has 0 saturated carbocycles. The van der Waals surface area contributed by atoms with Crippen LogP contribution in [0.1, 0.15) is 5.56 Å². The van der Waals surface area contributed by atoms with Crippen LogP contribution in [0.15, 0.2) is 59.3 Å². The van der Waals surface area contributed by atoms with Crippen molar-refractivity contribution in [3.63, 3.8) is 0 Å². The van der Waals surface area contributed by atoms with Gasteiger partial charge in [-0.2, -0.15) is 14.6 Å². The summed E-state index contributed by atoms with van der Waals surface area (Å²) in [6.45, 7) is 0.615. The topological polar surface area (TPSA) is 140 Å². The number of hydrogen-bond acceptors (Lipinski definition) is 10. The molecule has 176 valence electrons. The van der Waals surface area contributed by atoms with E-state index >= 15 is 0 Å². The zero-order valence-corrected chi connectivity index (χ0v) is 19.9. The molecule has 0 spiro atoms. The third kappa shape index (κ3) is 6.77. The Labute approximate surface area is 200 Å². The van der Waals surface area contributed by atoms with Crippen LogP contribution in [0.5, 0.6) is 17.2 Å². The maximum atomic E-state index is 12.4. The van der Waals surface area contributed by atoms with Crippen LogP contribution in [0, 0.1) is 11.3 Å². The number of anilines is 1. The van der Waals surface area contributed by atoms with E-state index in [1.165, 1.54) is 6.08 Å². The van der Waals surface area contributed by atoms with Gasteiger partial charge in [-0.25, -0.2) is 8.42 Å². The van der Waals surface area contributed by atoms with E-state index in [0.29, 0.717) is 47.6 Å². The molecule has 0 aliphatic carbocycles. The summed E-state index contributed by atoms with van der Waals surface area (Å²) in [7, 11) is -2.02. The maximum absolute atomic E-state index is 12.4. The van der Waals surface area contributed by atoms with E-state index in [0.717, 1.165) is 6.26 Å². The Morgan fingerprint density at radius 2 is 1.79 bits per heavy atom. The number of nitrogens with zero attached hydrogens (tertiary/aromatic N) is 3. The molecule has 0 unspecified atom stereocenters. The summed E-state index contributed by atoms with van der Waals surface area (Å²) < 4.78 is 43.1. The molecule has 0 aliphatic heterocycles. The number of methoxy groups -OCH3 is 1. The van der Waals surface area contributed by atoms with E-state index in [9.17, 15) is 18.5 Å². The van der Waals surface area contributed by atoms with Crippen molar-refractivity contribution in [1.82, 2.24) is 9.36 Å². The number of aromatic nitrogens is 2. The van der Waals surface area contributed by atoms with Gasteiger partial charge in [-0.05, 0) is 35.9 Å². The molecular weight excluding hydrogens is 480 g/mol. The van der Waals surface area contributed by atoms with Gasteiger partial charge in [0, 0.05) is 17.8 Å². The summed E-state index contributed by atoms with van der Waals surface area (Å²) in [6, 6.07) is 15.9. The standard InChI is InChI=1S/C22H20N4O6S2/c1-30-18-5-3-4-6-19(18)32-12-11-31-17-9-7-15(8-10-17)13-16(14-23)20(27)24-21-25-22(26-33-21)34(2,28)29/h3-10,13H,11-12H2,1-2H3,(H,24,25,26,27). The highest BCUT2D eigenvalue weighted by Gasteiger charge is 2.17. The Balaban J connectivity index is 1.55. The van der Waals surface area contributed by atoms with Gasteiger partial charge in [-0.3, -0.25) is 10.1 Å². The highest BCUT2D eigenvalue weighted by atomic mass is 32.2. The summed E-state index contributed by atoms with van der Waals surface area (Å²) in [5, 5.41) is 11.3. The largest absolute Gasteiger partial charge is 0.493 e. The first-order valence-electron chi connectivity index (χ1n) is 9.75. The van der Waals surface area contributed by atoms with Crippen molar-refractivity contribution in [3.8, 4) is 23.3 Å². The van der Waals surface area contributed by atoms with Crippen molar-refractivity contribution >= 4 is 38.5 Å². The van der Waals surface area contributed by atoms with Crippen molar-refractivity contribution < 1.29 is 27.4 Å². The monoisotopic (exact) mass is 500 g/mol. The molecule has 0 bridgehead atoms. The molecule has 0 atom stereocenters. The van der Waals surface area contributed by atoms with Gasteiger partial charge in [0.25, 0.3) is 11.1 Å². The fraction of sp³-hybridized carbons (Fsp3) is 0.182. The fourth-order valence-electron chi connectivity index (χ4n) is 2.60. The lowest BCUT2D eigenvalue weighted by molar-refractivity contribution is -0.112. The summed E-state index contributed by atoms with van der Waals surface area (Å²) in [4.78, 5) is 16.1. The van der Waals surface area contributed by atoms with Crippen LogP contribution in [0.25, 0.3) is 6.08 Å². The van der Waals surface area contributed by atoms with Gasteiger partial charge in [-0.15, -0.1) is 0 Å². The quantitative estimate of drug-likeness (QED) is 0.253. The zero-order chi connectivity index (χ0) is 24.6. The van der Waals surface area contributed by atoms with Gasteiger partial charge >= 0.3 is 0 Å². The Hall–Kier alpha value is -3.95. The molecule has 1 heterocycles. The average Bonchev–Trinajstić information content (AvgIpc) is 3.30. The smallest absolute Gasteiger partial charge is 0.268 e. The van der Waals surface area contributed by atoms with Gasteiger partial charge in [0.2, 0.25) is 15.0 Å². The number of nitrogens with one attached hydrogen (secondary N) is 1. The van der Waals surface area contributed by atoms with E-state index in [4.69, 9.17) is 14.2 Å². The lowest BCUT2D eigenvalue weighted by Crippen LogP contribution is -2.13. The minimum atomic E-state index is -3.59. The molecule has 3 rings (SSSR count). The number of carbonyl (C=O) groups is 1. The van der Waals surface area contributed by atoms with Gasteiger partial charge in [0.05, 0.1) is 7.11 Å². The van der Waals surface area contributed by atoms with Crippen molar-refractivity contribution in [2.75, 3.05) is 31.9 Å². The third-order valence-corrected chi connectivity index (χ3v) is 5.79. The molecule has 1 amide bonds. The van der Waals surface area contributed by atoms with Crippen molar-refractivity contribution in [2.45, 2.75) is 5.16 Å². The number of hydrogen-bond donors (Lipinski definition) is 1. The molecule has 0 fully saturated rings. The SMILES string of the molecule is COc1ccccc1OCCOc1ccc(C=C(C#N)C(=O)Nc2nc(S(C)(=O)=O)ns2)cc1. The number of benzene rings is 2. The van der Waals surface area contributed by atoms with Gasteiger partial charge in [-0.1, -0.05) is 24.3 Å². The number of rotatable bonds is 10. The number of nitriles is 1. The minimum absolute atomic E-state index is 0.0225. The highest BCUT2D eigenvalue weighted by Crippen LogP contribution is 2.25. The second-order valence-corrected chi connectivity index (χ2v) is 9.36. The summed E-state index contributed by atoms with van der Waals surface area (Å²) in [5.74, 6) is 1.12. The van der Waals surface area contributed by atoms with Gasteiger partial charge in [0.15, 0.2) is 11.5 Å². The van der Waals surface area contributed by atoms with E-state index in [1.54, 1.807) is 43.5 Å². The third-order valence-electron chi connectivity index (χ3n) is 4.19. The normalized spacial score (nSPS) is 11.4. The first-order valence-corrected chi connectivity index (χ1v) is 12.4. The lowest BCUT2D eigenvalue weighted by Gasteiger charge is -2.11. The maximum Gasteiger partial charge on any atom is 0.268 e. The molecule has 3 aromatic rings. The Kier molecular flexibility index (Phi) is 8.18. The Bertz CT molecular complexity index is 1330. The fourth-order valence-corrected chi connectivity index (χ4v) is 4.04. The number of ether oxygens (including phenoxy) is 3. The molecule has 2 aromatic carbocycles. The van der Waals surface area contributed by atoms with Crippen LogP contribution in [-0.4, -0.2) is 50.3 Å². The number of para-hydroxylation sites is 2. The van der Waals surface area contributed by atoms with Crippen LogP contribution in [0.3, 0.4) is 0 Å². The highest BCUT2D eigenvalue weighted by molar-refractivity contribution is 7.90. The molecular formula is C22H20N4O6S2. The number of amides is 1. The van der Waals surface area contributed by atoms with E-state index < -0.39 is 15.7 Å².